The summed E-state index contributed by atoms with van der Waals surface area (Å²) in [6, 6.07) is 11.0. The van der Waals surface area contributed by atoms with Gasteiger partial charge in [-0.05, 0) is 29.8 Å². The third kappa shape index (κ3) is 2.68. The van der Waals surface area contributed by atoms with Crippen molar-refractivity contribution in [1.29, 1.82) is 0 Å². The second-order valence-electron chi connectivity index (χ2n) is 6.44. The minimum atomic E-state index is -0.209. The first-order valence-electron chi connectivity index (χ1n) is 8.46. The van der Waals surface area contributed by atoms with Crippen molar-refractivity contribution in [2.45, 2.75) is 19.0 Å². The highest BCUT2D eigenvalue weighted by molar-refractivity contribution is 5.58. The van der Waals surface area contributed by atoms with Gasteiger partial charge in [-0.1, -0.05) is 12.1 Å². The van der Waals surface area contributed by atoms with Crippen LogP contribution in [0.3, 0.4) is 0 Å². The number of benzene rings is 1. The number of rotatable bonds is 3. The summed E-state index contributed by atoms with van der Waals surface area (Å²) >= 11 is 0. The van der Waals surface area contributed by atoms with E-state index >= 15 is 0 Å². The van der Waals surface area contributed by atoms with Crippen molar-refractivity contribution < 1.29 is 8.81 Å². The number of pyridine rings is 1. The smallest absolute Gasteiger partial charge is 0.245 e. The Morgan fingerprint density at radius 2 is 2.16 bits per heavy atom. The van der Waals surface area contributed by atoms with Crippen molar-refractivity contribution in [3.05, 3.63) is 65.4 Å². The molecule has 0 saturated carbocycles. The Morgan fingerprint density at radius 1 is 1.24 bits per heavy atom. The lowest BCUT2D eigenvalue weighted by molar-refractivity contribution is 0.497. The summed E-state index contributed by atoms with van der Waals surface area (Å²) < 4.78 is 19.7. The molecule has 1 fully saturated rings. The first-order valence-corrected chi connectivity index (χ1v) is 8.46. The van der Waals surface area contributed by atoms with Gasteiger partial charge >= 0.3 is 0 Å². The lowest BCUT2D eigenvalue weighted by Crippen LogP contribution is -2.31. The highest BCUT2D eigenvalue weighted by atomic mass is 19.1. The molecule has 0 aliphatic carbocycles. The quantitative estimate of drug-likeness (QED) is 0.745. The predicted octanol–water partition coefficient (Wildman–Crippen LogP) is 3.08. The van der Waals surface area contributed by atoms with E-state index in [4.69, 9.17) is 4.42 Å². The number of oxazole rings is 1. The number of nitrogens with zero attached hydrogens (tertiary/aromatic N) is 3. The Labute approximate surface area is 144 Å². The van der Waals surface area contributed by atoms with Gasteiger partial charge in [0.25, 0.3) is 0 Å². The molecule has 0 bridgehead atoms. The summed E-state index contributed by atoms with van der Waals surface area (Å²) in [5.74, 6) is 1.25. The van der Waals surface area contributed by atoms with E-state index in [0.717, 1.165) is 47.9 Å². The summed E-state index contributed by atoms with van der Waals surface area (Å²) in [6.45, 7) is 2.35. The van der Waals surface area contributed by atoms with E-state index in [0.29, 0.717) is 18.5 Å². The SMILES string of the molecule is Fc1ccc(C2CN2)c(N2CCc3oc(-c4ccccn4)nc3C2)c1. The highest BCUT2D eigenvalue weighted by Crippen LogP contribution is 2.35. The van der Waals surface area contributed by atoms with E-state index < -0.39 is 0 Å². The third-order valence-electron chi connectivity index (χ3n) is 4.73. The molecular weight excluding hydrogens is 319 g/mol. The van der Waals surface area contributed by atoms with E-state index in [-0.39, 0.29) is 5.82 Å². The summed E-state index contributed by atoms with van der Waals surface area (Å²) in [5.41, 5.74) is 3.74. The van der Waals surface area contributed by atoms with Gasteiger partial charge in [-0.25, -0.2) is 9.37 Å². The average molecular weight is 336 g/mol. The largest absolute Gasteiger partial charge is 0.439 e. The van der Waals surface area contributed by atoms with E-state index in [9.17, 15) is 4.39 Å². The minimum Gasteiger partial charge on any atom is -0.439 e. The molecule has 6 heteroatoms. The molecular formula is C19H17FN4O. The molecule has 1 unspecified atom stereocenters. The van der Waals surface area contributed by atoms with Crippen LogP contribution in [0, 0.1) is 5.82 Å². The molecule has 1 atom stereocenters. The maximum absolute atomic E-state index is 13.8. The van der Waals surface area contributed by atoms with Crippen molar-refractivity contribution in [3.63, 3.8) is 0 Å². The summed E-state index contributed by atoms with van der Waals surface area (Å²) in [7, 11) is 0. The fourth-order valence-electron chi connectivity index (χ4n) is 3.37. The van der Waals surface area contributed by atoms with Crippen LogP contribution in [0.2, 0.25) is 0 Å². The zero-order valence-corrected chi connectivity index (χ0v) is 13.6. The van der Waals surface area contributed by atoms with Crippen LogP contribution in [0.1, 0.15) is 23.1 Å². The normalized spacial score (nSPS) is 18.9. The van der Waals surface area contributed by atoms with Gasteiger partial charge in [0.15, 0.2) is 0 Å². The molecule has 0 radical (unpaired) electrons. The lowest BCUT2D eigenvalue weighted by Gasteiger charge is -2.29. The van der Waals surface area contributed by atoms with Crippen molar-refractivity contribution in [3.8, 4) is 11.6 Å². The topological polar surface area (TPSA) is 64.1 Å². The molecule has 3 aromatic rings. The second-order valence-corrected chi connectivity index (χ2v) is 6.44. The minimum absolute atomic E-state index is 0.209. The summed E-state index contributed by atoms with van der Waals surface area (Å²) in [6.07, 6.45) is 2.48. The fraction of sp³-hybridized carbons (Fsp3) is 0.263. The van der Waals surface area contributed by atoms with Gasteiger partial charge in [0.2, 0.25) is 5.89 Å². The van der Waals surface area contributed by atoms with Crippen molar-refractivity contribution in [1.82, 2.24) is 15.3 Å². The fourth-order valence-corrected chi connectivity index (χ4v) is 3.37. The predicted molar refractivity (Wildman–Crippen MR) is 91.6 cm³/mol. The number of anilines is 1. The van der Waals surface area contributed by atoms with Crippen LogP contribution in [0.5, 0.6) is 0 Å². The Bertz CT molecular complexity index is 920. The Kier molecular flexibility index (Phi) is 3.31. The van der Waals surface area contributed by atoms with E-state index in [1.54, 1.807) is 12.3 Å². The first-order chi connectivity index (χ1) is 12.3. The van der Waals surface area contributed by atoms with Crippen LogP contribution >= 0.6 is 0 Å². The highest BCUT2D eigenvalue weighted by Gasteiger charge is 2.30. The van der Waals surface area contributed by atoms with Gasteiger partial charge in [-0.3, -0.25) is 4.98 Å². The van der Waals surface area contributed by atoms with E-state index in [2.05, 4.69) is 20.2 Å². The van der Waals surface area contributed by atoms with Gasteiger partial charge in [0.1, 0.15) is 23.0 Å². The van der Waals surface area contributed by atoms with Crippen LogP contribution < -0.4 is 10.2 Å². The number of halogens is 1. The van der Waals surface area contributed by atoms with Crippen LogP contribution in [-0.2, 0) is 13.0 Å². The van der Waals surface area contributed by atoms with Gasteiger partial charge in [0.05, 0.1) is 6.54 Å². The van der Waals surface area contributed by atoms with E-state index in [1.807, 2.05) is 24.3 Å². The Balaban J connectivity index is 1.47. The van der Waals surface area contributed by atoms with Crippen molar-refractivity contribution in [2.24, 2.45) is 0 Å². The summed E-state index contributed by atoms with van der Waals surface area (Å²) in [5, 5.41) is 3.30. The monoisotopic (exact) mass is 336 g/mol. The van der Waals surface area contributed by atoms with Crippen LogP contribution in [-0.4, -0.2) is 23.1 Å². The lowest BCUT2D eigenvalue weighted by atomic mass is 10.1. The van der Waals surface area contributed by atoms with E-state index in [1.165, 1.54) is 6.07 Å². The van der Waals surface area contributed by atoms with Gasteiger partial charge < -0.3 is 14.6 Å². The Hall–Kier alpha value is -2.73. The van der Waals surface area contributed by atoms with Crippen LogP contribution in [0.25, 0.3) is 11.6 Å². The number of fused-ring (bicyclic) bond motifs is 1. The standard InChI is InChI=1S/C19H17FN4O/c20-12-4-5-13(15-10-22-15)17(9-12)24-8-6-18-16(11-24)23-19(25-18)14-3-1-2-7-21-14/h1-5,7,9,15,22H,6,8,10-11H2. The van der Waals surface area contributed by atoms with Gasteiger partial charge in [0, 0.05) is 37.4 Å². The second kappa shape index (κ2) is 5.67. The maximum Gasteiger partial charge on any atom is 0.245 e. The zero-order valence-electron chi connectivity index (χ0n) is 13.6. The molecule has 1 N–H and O–H groups in total. The van der Waals surface area contributed by atoms with Crippen LogP contribution in [0.4, 0.5) is 10.1 Å². The molecule has 1 aromatic carbocycles. The Morgan fingerprint density at radius 3 is 2.96 bits per heavy atom. The molecule has 5 nitrogen and oxygen atoms in total. The molecule has 2 aromatic heterocycles. The van der Waals surface area contributed by atoms with Gasteiger partial charge in [-0.15, -0.1) is 0 Å². The number of nitrogens with one attached hydrogen (secondary N) is 1. The maximum atomic E-state index is 13.8. The van der Waals surface area contributed by atoms with Crippen molar-refractivity contribution >= 4 is 5.69 Å². The number of hydrogen-bond acceptors (Lipinski definition) is 5. The molecule has 0 amide bonds. The number of aromatic nitrogens is 2. The molecule has 5 rings (SSSR count). The van der Waals surface area contributed by atoms with Crippen LogP contribution in [0.15, 0.2) is 47.0 Å². The van der Waals surface area contributed by atoms with Gasteiger partial charge in [-0.2, -0.15) is 0 Å². The van der Waals surface area contributed by atoms with Crippen molar-refractivity contribution in [2.75, 3.05) is 18.0 Å². The molecule has 126 valence electrons. The molecule has 4 heterocycles. The summed E-state index contributed by atoms with van der Waals surface area (Å²) in [4.78, 5) is 11.1. The first kappa shape index (κ1) is 14.6. The third-order valence-corrected chi connectivity index (χ3v) is 4.73. The zero-order chi connectivity index (χ0) is 16.8. The number of hydrogen-bond donors (Lipinski definition) is 1. The molecule has 1 saturated heterocycles. The molecule has 2 aliphatic heterocycles. The molecule has 2 aliphatic rings. The average Bonchev–Trinajstić information content (AvgIpc) is 3.40. The molecule has 25 heavy (non-hydrogen) atoms. The molecule has 0 spiro atoms.